The Labute approximate surface area is 154 Å². The zero-order valence-electron chi connectivity index (χ0n) is 14.9. The molecule has 0 aromatic heterocycles. The van der Waals surface area contributed by atoms with Crippen LogP contribution in [-0.2, 0) is 6.42 Å². The van der Waals surface area contributed by atoms with Gasteiger partial charge in [0.1, 0.15) is 11.9 Å². The summed E-state index contributed by atoms with van der Waals surface area (Å²) in [5.74, 6) is 3.66. The van der Waals surface area contributed by atoms with E-state index in [9.17, 15) is 4.79 Å². The number of carbonyl (C=O) groups is 1. The molecule has 3 heteroatoms. The standard InChI is InChI=1S/C22H24O2S/c1-14-12-17(24-16-8-10-25-11-9-16)13-15(2)22(14)20-5-3-4-19-18(20)6-7-21(19)23/h3-5,12-13,16H,6-11H2,1-2H3. The van der Waals surface area contributed by atoms with Crippen LogP contribution in [-0.4, -0.2) is 23.4 Å². The van der Waals surface area contributed by atoms with Crippen LogP contribution in [0.5, 0.6) is 5.75 Å². The molecule has 1 aliphatic carbocycles. The quantitative estimate of drug-likeness (QED) is 0.742. The third-order valence-electron chi connectivity index (χ3n) is 5.33. The van der Waals surface area contributed by atoms with Gasteiger partial charge in [-0.15, -0.1) is 0 Å². The Morgan fingerprint density at radius 3 is 2.40 bits per heavy atom. The first kappa shape index (κ1) is 16.7. The zero-order chi connectivity index (χ0) is 17.4. The highest BCUT2D eigenvalue weighted by molar-refractivity contribution is 7.99. The molecular weight excluding hydrogens is 328 g/mol. The molecule has 0 spiro atoms. The Bertz CT molecular complexity index is 796. The first-order valence-corrected chi connectivity index (χ1v) is 10.3. The predicted octanol–water partition coefficient (Wildman–Crippen LogP) is 5.37. The molecule has 1 saturated heterocycles. The van der Waals surface area contributed by atoms with E-state index in [1.807, 2.05) is 23.9 Å². The highest BCUT2D eigenvalue weighted by Crippen LogP contribution is 2.38. The summed E-state index contributed by atoms with van der Waals surface area (Å²) in [6, 6.07) is 10.5. The van der Waals surface area contributed by atoms with E-state index in [4.69, 9.17) is 4.74 Å². The van der Waals surface area contributed by atoms with Crippen molar-refractivity contribution in [1.29, 1.82) is 0 Å². The number of aryl methyl sites for hydroxylation is 2. The molecule has 2 aliphatic rings. The predicted molar refractivity (Wildman–Crippen MR) is 105 cm³/mol. The smallest absolute Gasteiger partial charge is 0.163 e. The van der Waals surface area contributed by atoms with Crippen LogP contribution in [0, 0.1) is 13.8 Å². The number of rotatable bonds is 3. The lowest BCUT2D eigenvalue weighted by molar-refractivity contribution is 0.0994. The van der Waals surface area contributed by atoms with Gasteiger partial charge in [-0.2, -0.15) is 11.8 Å². The van der Waals surface area contributed by atoms with E-state index in [1.165, 1.54) is 39.3 Å². The van der Waals surface area contributed by atoms with E-state index in [0.29, 0.717) is 12.5 Å². The lowest BCUT2D eigenvalue weighted by Gasteiger charge is -2.24. The number of ether oxygens (including phenoxy) is 1. The van der Waals surface area contributed by atoms with E-state index < -0.39 is 0 Å². The Kier molecular flexibility index (Phi) is 4.60. The number of hydrogen-bond acceptors (Lipinski definition) is 3. The van der Waals surface area contributed by atoms with Crippen molar-refractivity contribution in [3.8, 4) is 16.9 Å². The van der Waals surface area contributed by atoms with Crippen LogP contribution in [0.4, 0.5) is 0 Å². The summed E-state index contributed by atoms with van der Waals surface area (Å²) in [5.41, 5.74) is 7.07. The molecule has 0 amide bonds. The van der Waals surface area contributed by atoms with Gasteiger partial charge in [-0.1, -0.05) is 18.2 Å². The number of thioether (sulfide) groups is 1. The lowest BCUT2D eigenvalue weighted by Crippen LogP contribution is -2.22. The molecule has 4 rings (SSSR count). The van der Waals surface area contributed by atoms with Gasteiger partial charge in [0, 0.05) is 12.0 Å². The summed E-state index contributed by atoms with van der Waals surface area (Å²) in [7, 11) is 0. The summed E-state index contributed by atoms with van der Waals surface area (Å²) in [6.45, 7) is 4.31. The van der Waals surface area contributed by atoms with Crippen LogP contribution in [0.3, 0.4) is 0 Å². The van der Waals surface area contributed by atoms with Crippen LogP contribution >= 0.6 is 11.8 Å². The van der Waals surface area contributed by atoms with Gasteiger partial charge in [-0.25, -0.2) is 0 Å². The van der Waals surface area contributed by atoms with Gasteiger partial charge in [-0.3, -0.25) is 4.79 Å². The Hall–Kier alpha value is -1.74. The molecule has 0 N–H and O–H groups in total. The number of hydrogen-bond donors (Lipinski definition) is 0. The first-order chi connectivity index (χ1) is 12.1. The van der Waals surface area contributed by atoms with Gasteiger partial charge in [0.05, 0.1) is 0 Å². The molecule has 2 nitrogen and oxygen atoms in total. The van der Waals surface area contributed by atoms with Crippen LogP contribution in [0.2, 0.25) is 0 Å². The number of fused-ring (bicyclic) bond motifs is 1. The van der Waals surface area contributed by atoms with Gasteiger partial charge >= 0.3 is 0 Å². The Balaban J connectivity index is 1.69. The molecule has 130 valence electrons. The molecule has 0 unspecified atom stereocenters. The Morgan fingerprint density at radius 1 is 1.00 bits per heavy atom. The van der Waals surface area contributed by atoms with Crippen LogP contribution in [0.25, 0.3) is 11.1 Å². The number of carbonyl (C=O) groups excluding carboxylic acids is 1. The van der Waals surface area contributed by atoms with Crippen molar-refractivity contribution in [2.75, 3.05) is 11.5 Å². The maximum absolute atomic E-state index is 12.1. The summed E-state index contributed by atoms with van der Waals surface area (Å²) in [4.78, 5) is 12.1. The summed E-state index contributed by atoms with van der Waals surface area (Å²) in [6.07, 6.45) is 4.13. The third kappa shape index (κ3) is 3.22. The highest BCUT2D eigenvalue weighted by Gasteiger charge is 2.24. The van der Waals surface area contributed by atoms with E-state index in [1.54, 1.807) is 0 Å². The first-order valence-electron chi connectivity index (χ1n) is 9.14. The van der Waals surface area contributed by atoms with Gasteiger partial charge in [0.15, 0.2) is 5.78 Å². The normalized spacial score (nSPS) is 17.6. The summed E-state index contributed by atoms with van der Waals surface area (Å²) < 4.78 is 6.25. The molecule has 0 saturated carbocycles. The number of benzene rings is 2. The molecule has 0 atom stereocenters. The van der Waals surface area contributed by atoms with Crippen molar-refractivity contribution >= 4 is 17.5 Å². The maximum atomic E-state index is 12.1. The zero-order valence-corrected chi connectivity index (χ0v) is 15.7. The second-order valence-corrected chi connectivity index (χ2v) is 8.34. The van der Waals surface area contributed by atoms with Gasteiger partial charge < -0.3 is 4.74 Å². The van der Waals surface area contributed by atoms with E-state index in [2.05, 4.69) is 32.0 Å². The van der Waals surface area contributed by atoms with Gasteiger partial charge in [0.25, 0.3) is 0 Å². The lowest BCUT2D eigenvalue weighted by atomic mass is 9.90. The minimum Gasteiger partial charge on any atom is -0.490 e. The molecule has 1 aliphatic heterocycles. The van der Waals surface area contributed by atoms with Crippen molar-refractivity contribution in [2.24, 2.45) is 0 Å². The summed E-state index contributed by atoms with van der Waals surface area (Å²) >= 11 is 2.02. The second kappa shape index (κ2) is 6.87. The molecule has 1 fully saturated rings. The van der Waals surface area contributed by atoms with Crippen LogP contribution < -0.4 is 4.74 Å². The largest absolute Gasteiger partial charge is 0.490 e. The fourth-order valence-corrected chi connectivity index (χ4v) is 5.19. The average molecular weight is 352 g/mol. The van der Waals surface area contributed by atoms with Crippen molar-refractivity contribution in [3.05, 3.63) is 52.6 Å². The molecule has 2 aromatic rings. The topological polar surface area (TPSA) is 26.3 Å². The minimum absolute atomic E-state index is 0.280. The van der Waals surface area contributed by atoms with E-state index >= 15 is 0 Å². The third-order valence-corrected chi connectivity index (χ3v) is 6.37. The second-order valence-electron chi connectivity index (χ2n) is 7.12. The monoisotopic (exact) mass is 352 g/mol. The SMILES string of the molecule is Cc1cc(OC2CCSCC2)cc(C)c1-c1cccc2c1CCC2=O. The van der Waals surface area contributed by atoms with Crippen molar-refractivity contribution < 1.29 is 9.53 Å². The fourth-order valence-electron chi connectivity index (χ4n) is 4.13. The highest BCUT2D eigenvalue weighted by atomic mass is 32.2. The number of ketones is 1. The fraction of sp³-hybridized carbons (Fsp3) is 0.409. The molecule has 0 bridgehead atoms. The number of Topliss-reactive ketones (excluding diaryl/α,β-unsaturated/α-hetero) is 1. The van der Waals surface area contributed by atoms with Crippen molar-refractivity contribution in [3.63, 3.8) is 0 Å². The van der Waals surface area contributed by atoms with Crippen molar-refractivity contribution in [2.45, 2.75) is 45.6 Å². The average Bonchev–Trinajstić information content (AvgIpc) is 2.97. The molecular formula is C22H24O2S. The van der Waals surface area contributed by atoms with E-state index in [0.717, 1.165) is 30.6 Å². The van der Waals surface area contributed by atoms with Gasteiger partial charge in [-0.05, 0) is 84.6 Å². The van der Waals surface area contributed by atoms with Crippen LogP contribution in [0.15, 0.2) is 30.3 Å². The Morgan fingerprint density at radius 2 is 1.68 bits per heavy atom. The summed E-state index contributed by atoms with van der Waals surface area (Å²) in [5, 5.41) is 0. The van der Waals surface area contributed by atoms with Crippen molar-refractivity contribution in [1.82, 2.24) is 0 Å². The molecule has 2 aromatic carbocycles. The molecule has 25 heavy (non-hydrogen) atoms. The van der Waals surface area contributed by atoms with Gasteiger partial charge in [0.2, 0.25) is 0 Å². The molecule has 0 radical (unpaired) electrons. The van der Waals surface area contributed by atoms with E-state index in [-0.39, 0.29) is 5.78 Å². The van der Waals surface area contributed by atoms with Crippen LogP contribution in [0.1, 0.15) is 46.3 Å². The minimum atomic E-state index is 0.280. The molecule has 1 heterocycles. The maximum Gasteiger partial charge on any atom is 0.163 e.